The molecule has 1 aromatic carbocycles. The van der Waals surface area contributed by atoms with Gasteiger partial charge in [0, 0.05) is 7.05 Å². The molecule has 0 saturated heterocycles. The van der Waals surface area contributed by atoms with Crippen LogP contribution in [0.1, 0.15) is 50.6 Å². The number of hydrogen-bond acceptors (Lipinski definition) is 4. The topological polar surface area (TPSA) is 75.6 Å². The Balaban J connectivity index is 2.12. The van der Waals surface area contributed by atoms with E-state index < -0.39 is 12.2 Å². The molecule has 7 heteroatoms. The second kappa shape index (κ2) is 6.55. The zero-order valence-corrected chi connectivity index (χ0v) is 15.7. The van der Waals surface area contributed by atoms with Crippen LogP contribution in [0.3, 0.4) is 0 Å². The molecule has 2 N–H and O–H groups in total. The smallest absolute Gasteiger partial charge is 0.263 e. The molecule has 1 unspecified atom stereocenters. The molecule has 6 nitrogen and oxygen atoms in total. The molecule has 3 aromatic rings. The summed E-state index contributed by atoms with van der Waals surface area (Å²) in [5.74, 6) is 0.323. The van der Waals surface area contributed by atoms with Crippen molar-refractivity contribution in [1.82, 2.24) is 19.7 Å². The average Bonchev–Trinajstić information content (AvgIpc) is 2.99. The summed E-state index contributed by atoms with van der Waals surface area (Å²) in [4.78, 5) is 19.3. The highest BCUT2D eigenvalue weighted by Gasteiger charge is 2.21. The van der Waals surface area contributed by atoms with Gasteiger partial charge in [-0.2, -0.15) is 10.1 Å². The molecule has 26 heavy (non-hydrogen) atoms. The number of alkyl halides is 1. The maximum atomic E-state index is 13.4. The molecule has 138 valence electrons. The van der Waals surface area contributed by atoms with Gasteiger partial charge >= 0.3 is 0 Å². The van der Waals surface area contributed by atoms with Crippen molar-refractivity contribution in [3.8, 4) is 0 Å². The third-order valence-corrected chi connectivity index (χ3v) is 4.62. The molecule has 3 rings (SSSR count). The van der Waals surface area contributed by atoms with Crippen molar-refractivity contribution < 1.29 is 4.39 Å². The summed E-state index contributed by atoms with van der Waals surface area (Å²) >= 11 is 0. The minimum Gasteiger partial charge on any atom is -0.359 e. The van der Waals surface area contributed by atoms with E-state index in [4.69, 9.17) is 0 Å². The zero-order chi connectivity index (χ0) is 19.1. The van der Waals surface area contributed by atoms with Crippen molar-refractivity contribution in [2.75, 3.05) is 12.4 Å². The summed E-state index contributed by atoms with van der Waals surface area (Å²) in [5, 5.41) is 7.34. The molecule has 1 atom stereocenters. The van der Waals surface area contributed by atoms with E-state index in [1.54, 1.807) is 11.7 Å². The Morgan fingerprint density at radius 2 is 1.92 bits per heavy atom. The molecule has 0 amide bonds. The van der Waals surface area contributed by atoms with E-state index in [9.17, 15) is 9.18 Å². The Hall–Kier alpha value is -2.70. The highest BCUT2D eigenvalue weighted by Crippen LogP contribution is 2.27. The van der Waals surface area contributed by atoms with E-state index in [1.165, 1.54) is 5.56 Å². The van der Waals surface area contributed by atoms with Crippen LogP contribution in [-0.4, -0.2) is 26.8 Å². The number of nitrogens with zero attached hydrogens (tertiary/aromatic N) is 3. The lowest BCUT2D eigenvalue weighted by Gasteiger charge is -2.20. The van der Waals surface area contributed by atoms with Crippen LogP contribution in [0.4, 0.5) is 10.3 Å². The highest BCUT2D eigenvalue weighted by molar-refractivity contribution is 5.78. The van der Waals surface area contributed by atoms with E-state index in [0.717, 1.165) is 5.56 Å². The number of rotatable bonds is 4. The summed E-state index contributed by atoms with van der Waals surface area (Å²) in [5.41, 5.74) is 2.40. The number of H-pyrrole nitrogens is 1. The number of anilines is 1. The molecule has 0 aliphatic heterocycles. The monoisotopic (exact) mass is 357 g/mol. The van der Waals surface area contributed by atoms with E-state index in [1.807, 2.05) is 19.1 Å². The maximum absolute atomic E-state index is 13.4. The third-order valence-electron chi connectivity index (χ3n) is 4.62. The van der Waals surface area contributed by atoms with Gasteiger partial charge in [0.1, 0.15) is 17.8 Å². The summed E-state index contributed by atoms with van der Waals surface area (Å²) in [6, 6.07) is 8.07. The van der Waals surface area contributed by atoms with E-state index in [0.29, 0.717) is 11.6 Å². The lowest BCUT2D eigenvalue weighted by Crippen LogP contribution is -2.15. The lowest BCUT2D eigenvalue weighted by atomic mass is 9.86. The van der Waals surface area contributed by atoms with Crippen molar-refractivity contribution in [3.05, 3.63) is 51.4 Å². The lowest BCUT2D eigenvalue weighted by molar-refractivity contribution is 0.465. The van der Waals surface area contributed by atoms with Crippen LogP contribution in [0.2, 0.25) is 0 Å². The van der Waals surface area contributed by atoms with Crippen LogP contribution in [0, 0.1) is 0 Å². The van der Waals surface area contributed by atoms with E-state index >= 15 is 0 Å². The normalized spacial score (nSPS) is 13.2. The van der Waals surface area contributed by atoms with Crippen LogP contribution in [-0.2, 0) is 12.1 Å². The molecule has 2 heterocycles. The Labute approximate surface area is 151 Å². The van der Waals surface area contributed by atoms with Gasteiger partial charge in [-0.15, -0.1) is 0 Å². The standard InChI is InChI=1S/C19H24FN5O/c1-11(12-6-8-13(9-7-12)19(2,3)4)25-16-15(14(10-20)24-25)17(26)23-18(21-5)22-16/h6-9,11H,10H2,1-5H3,(H2,21,22,23,26). The predicted octanol–water partition coefficient (Wildman–Crippen LogP) is 3.54. The Bertz CT molecular complexity index is 982. The first-order valence-corrected chi connectivity index (χ1v) is 8.61. The molecular weight excluding hydrogens is 333 g/mol. The van der Waals surface area contributed by atoms with Gasteiger partial charge < -0.3 is 5.32 Å². The van der Waals surface area contributed by atoms with Crippen molar-refractivity contribution in [2.24, 2.45) is 0 Å². The largest absolute Gasteiger partial charge is 0.359 e. The van der Waals surface area contributed by atoms with Gasteiger partial charge in [0.05, 0.1) is 6.04 Å². The van der Waals surface area contributed by atoms with Gasteiger partial charge in [0.15, 0.2) is 5.65 Å². The number of hydrogen-bond donors (Lipinski definition) is 2. The van der Waals surface area contributed by atoms with Crippen LogP contribution in [0.5, 0.6) is 0 Å². The van der Waals surface area contributed by atoms with Crippen LogP contribution in [0.25, 0.3) is 11.0 Å². The fourth-order valence-electron chi connectivity index (χ4n) is 3.00. The predicted molar refractivity (Wildman–Crippen MR) is 101 cm³/mol. The number of aromatic amines is 1. The van der Waals surface area contributed by atoms with Crippen molar-refractivity contribution in [3.63, 3.8) is 0 Å². The molecular formula is C19H24FN5O. The molecule has 0 aliphatic carbocycles. The van der Waals surface area contributed by atoms with Crippen LogP contribution < -0.4 is 10.9 Å². The first-order chi connectivity index (χ1) is 12.3. The van der Waals surface area contributed by atoms with Crippen molar-refractivity contribution >= 4 is 17.0 Å². The number of fused-ring (bicyclic) bond motifs is 1. The third kappa shape index (κ3) is 3.09. The van der Waals surface area contributed by atoms with Gasteiger partial charge in [-0.1, -0.05) is 45.0 Å². The van der Waals surface area contributed by atoms with Gasteiger partial charge in [-0.25, -0.2) is 9.07 Å². The number of halogens is 1. The number of nitrogens with one attached hydrogen (secondary N) is 2. The summed E-state index contributed by atoms with van der Waals surface area (Å²) in [7, 11) is 1.66. The highest BCUT2D eigenvalue weighted by atomic mass is 19.1. The molecule has 0 bridgehead atoms. The van der Waals surface area contributed by atoms with E-state index in [-0.39, 0.29) is 22.5 Å². The van der Waals surface area contributed by atoms with Gasteiger partial charge in [0.2, 0.25) is 5.95 Å². The molecule has 0 radical (unpaired) electrons. The van der Waals surface area contributed by atoms with E-state index in [2.05, 4.69) is 53.3 Å². The number of benzene rings is 1. The summed E-state index contributed by atoms with van der Waals surface area (Å²) in [6.07, 6.45) is 0. The Morgan fingerprint density at radius 3 is 2.46 bits per heavy atom. The molecule has 0 spiro atoms. The first-order valence-electron chi connectivity index (χ1n) is 8.61. The van der Waals surface area contributed by atoms with Gasteiger partial charge in [0.25, 0.3) is 5.56 Å². The summed E-state index contributed by atoms with van der Waals surface area (Å²) < 4.78 is 15.0. The molecule has 0 aliphatic rings. The fourth-order valence-corrected chi connectivity index (χ4v) is 3.00. The molecule has 0 saturated carbocycles. The Morgan fingerprint density at radius 1 is 1.27 bits per heavy atom. The maximum Gasteiger partial charge on any atom is 0.263 e. The number of aromatic nitrogens is 4. The van der Waals surface area contributed by atoms with Gasteiger partial charge in [-0.3, -0.25) is 9.78 Å². The second-order valence-corrected chi connectivity index (χ2v) is 7.44. The average molecular weight is 357 g/mol. The van der Waals surface area contributed by atoms with Crippen LogP contribution >= 0.6 is 0 Å². The summed E-state index contributed by atoms with van der Waals surface area (Å²) in [6.45, 7) is 7.63. The zero-order valence-electron chi connectivity index (χ0n) is 15.7. The first kappa shape index (κ1) is 18.1. The van der Waals surface area contributed by atoms with Crippen molar-refractivity contribution in [1.29, 1.82) is 0 Å². The minimum atomic E-state index is -0.817. The molecule has 2 aromatic heterocycles. The second-order valence-electron chi connectivity index (χ2n) is 7.44. The molecule has 0 fully saturated rings. The van der Waals surface area contributed by atoms with Gasteiger partial charge in [-0.05, 0) is 23.5 Å². The SMILES string of the molecule is CNc1nc2c(c(CF)nn2C(C)c2ccc(C(C)(C)C)cc2)c(=O)[nH]1. The quantitative estimate of drug-likeness (QED) is 0.749. The Kier molecular flexibility index (Phi) is 4.56. The fraction of sp³-hybridized carbons (Fsp3) is 0.421. The van der Waals surface area contributed by atoms with Crippen molar-refractivity contribution in [2.45, 2.75) is 45.8 Å². The van der Waals surface area contributed by atoms with Crippen LogP contribution in [0.15, 0.2) is 29.1 Å². The minimum absolute atomic E-state index is 0.0676.